The number of ether oxygens (including phenoxy) is 1. The number of nitrogens with zero attached hydrogens (tertiary/aromatic N) is 2. The molecule has 3 aromatic rings. The molecular weight excluding hydrogens is 405 g/mol. The molecule has 1 aromatic heterocycles. The lowest BCUT2D eigenvalue weighted by atomic mass is 9.95. The van der Waals surface area contributed by atoms with Gasteiger partial charge < -0.3 is 15.0 Å². The second-order valence-electron chi connectivity index (χ2n) is 7.15. The summed E-state index contributed by atoms with van der Waals surface area (Å²) in [6, 6.07) is 11.3. The van der Waals surface area contributed by atoms with E-state index in [1.54, 1.807) is 11.0 Å². The molecule has 156 valence electrons. The number of halogens is 1. The van der Waals surface area contributed by atoms with Crippen LogP contribution in [-0.2, 0) is 4.79 Å². The molecule has 1 aliphatic heterocycles. The van der Waals surface area contributed by atoms with Crippen molar-refractivity contribution in [1.29, 1.82) is 0 Å². The van der Waals surface area contributed by atoms with Crippen molar-refractivity contribution in [2.24, 2.45) is 5.92 Å². The molecule has 8 heteroatoms. The third kappa shape index (κ3) is 4.43. The molecule has 2 aromatic carbocycles. The number of piperidine rings is 1. The largest absolute Gasteiger partial charge is 0.494 e. The fourth-order valence-corrected chi connectivity index (χ4v) is 4.47. The number of thiazole rings is 1. The van der Waals surface area contributed by atoms with Crippen LogP contribution in [0.4, 0.5) is 9.52 Å². The highest BCUT2D eigenvalue weighted by molar-refractivity contribution is 7.22. The summed E-state index contributed by atoms with van der Waals surface area (Å²) in [4.78, 5) is 31.4. The van der Waals surface area contributed by atoms with E-state index in [0.717, 1.165) is 16.0 Å². The van der Waals surface area contributed by atoms with Crippen LogP contribution in [0, 0.1) is 11.7 Å². The van der Waals surface area contributed by atoms with Crippen molar-refractivity contribution in [2.75, 3.05) is 25.0 Å². The second-order valence-corrected chi connectivity index (χ2v) is 8.18. The Morgan fingerprint density at radius 2 is 2.03 bits per heavy atom. The Kier molecular flexibility index (Phi) is 5.94. The molecular formula is C22H22FN3O3S. The van der Waals surface area contributed by atoms with Gasteiger partial charge in [-0.05, 0) is 56.2 Å². The number of benzene rings is 2. The third-order valence-electron chi connectivity index (χ3n) is 5.13. The molecule has 1 aliphatic rings. The Labute approximate surface area is 177 Å². The standard InChI is InChI=1S/C22H22FN3O3S/c1-2-29-17-6-7-18-19(13-17)30-22(24-18)25-20(27)14-8-10-26(11-9-14)21(28)15-4-3-5-16(23)12-15/h3-7,12-14H,2,8-11H2,1H3,(H,24,25,27). The van der Waals surface area contributed by atoms with Gasteiger partial charge in [0.15, 0.2) is 5.13 Å². The van der Waals surface area contributed by atoms with Gasteiger partial charge in [-0.15, -0.1) is 0 Å². The highest BCUT2D eigenvalue weighted by Crippen LogP contribution is 2.30. The average Bonchev–Trinajstić information content (AvgIpc) is 3.15. The lowest BCUT2D eigenvalue weighted by molar-refractivity contribution is -0.121. The van der Waals surface area contributed by atoms with Crippen LogP contribution in [0.5, 0.6) is 5.75 Å². The first-order valence-corrected chi connectivity index (χ1v) is 10.7. The Morgan fingerprint density at radius 3 is 2.77 bits per heavy atom. The van der Waals surface area contributed by atoms with Gasteiger partial charge >= 0.3 is 0 Å². The third-order valence-corrected chi connectivity index (χ3v) is 6.06. The van der Waals surface area contributed by atoms with Crippen LogP contribution >= 0.6 is 11.3 Å². The van der Waals surface area contributed by atoms with Crippen LogP contribution in [0.2, 0.25) is 0 Å². The monoisotopic (exact) mass is 427 g/mol. The van der Waals surface area contributed by atoms with E-state index in [1.807, 2.05) is 25.1 Å². The predicted octanol–water partition coefficient (Wildman–Crippen LogP) is 4.33. The van der Waals surface area contributed by atoms with Crippen LogP contribution in [0.1, 0.15) is 30.1 Å². The fourth-order valence-electron chi connectivity index (χ4n) is 3.57. The summed E-state index contributed by atoms with van der Waals surface area (Å²) in [6.07, 6.45) is 1.12. The molecule has 0 unspecified atom stereocenters. The molecule has 2 amide bonds. The van der Waals surface area contributed by atoms with Crippen molar-refractivity contribution in [1.82, 2.24) is 9.88 Å². The van der Waals surface area contributed by atoms with Crippen molar-refractivity contribution in [3.63, 3.8) is 0 Å². The predicted molar refractivity (Wildman–Crippen MR) is 114 cm³/mol. The van der Waals surface area contributed by atoms with Crippen molar-refractivity contribution < 1.29 is 18.7 Å². The molecule has 4 rings (SSSR count). The number of hydrogen-bond donors (Lipinski definition) is 1. The number of amides is 2. The van der Waals surface area contributed by atoms with E-state index in [4.69, 9.17) is 4.74 Å². The van der Waals surface area contributed by atoms with Gasteiger partial charge in [-0.3, -0.25) is 9.59 Å². The Bertz CT molecular complexity index is 1080. The molecule has 0 saturated carbocycles. The minimum atomic E-state index is -0.431. The zero-order valence-electron chi connectivity index (χ0n) is 16.6. The maximum atomic E-state index is 13.4. The number of hydrogen-bond acceptors (Lipinski definition) is 5. The van der Waals surface area contributed by atoms with Gasteiger partial charge in [-0.1, -0.05) is 17.4 Å². The summed E-state index contributed by atoms with van der Waals surface area (Å²) in [5.74, 6) is -0.129. The minimum Gasteiger partial charge on any atom is -0.494 e. The van der Waals surface area contributed by atoms with Crippen LogP contribution in [0.15, 0.2) is 42.5 Å². The van der Waals surface area contributed by atoms with Crippen LogP contribution in [0.3, 0.4) is 0 Å². The van der Waals surface area contributed by atoms with E-state index in [1.165, 1.54) is 29.5 Å². The molecule has 1 N–H and O–H groups in total. The highest BCUT2D eigenvalue weighted by Gasteiger charge is 2.28. The molecule has 0 spiro atoms. The molecule has 2 heterocycles. The summed E-state index contributed by atoms with van der Waals surface area (Å²) >= 11 is 1.41. The average molecular weight is 428 g/mol. The van der Waals surface area contributed by atoms with E-state index in [2.05, 4.69) is 10.3 Å². The van der Waals surface area contributed by atoms with Crippen molar-refractivity contribution in [3.05, 3.63) is 53.8 Å². The molecule has 1 saturated heterocycles. The van der Waals surface area contributed by atoms with Crippen molar-refractivity contribution >= 4 is 38.5 Å². The number of nitrogens with one attached hydrogen (secondary N) is 1. The Morgan fingerprint density at radius 1 is 1.23 bits per heavy atom. The maximum absolute atomic E-state index is 13.4. The fraction of sp³-hybridized carbons (Fsp3) is 0.318. The van der Waals surface area contributed by atoms with Crippen LogP contribution in [0.25, 0.3) is 10.2 Å². The molecule has 0 aliphatic carbocycles. The second kappa shape index (κ2) is 8.79. The summed E-state index contributed by atoms with van der Waals surface area (Å²) in [6.45, 7) is 3.45. The molecule has 6 nitrogen and oxygen atoms in total. The normalized spacial score (nSPS) is 14.7. The van der Waals surface area contributed by atoms with E-state index < -0.39 is 5.82 Å². The zero-order valence-corrected chi connectivity index (χ0v) is 17.4. The SMILES string of the molecule is CCOc1ccc2nc(NC(=O)C3CCN(C(=O)c4cccc(F)c4)CC3)sc2c1. The number of likely N-dealkylation sites (tertiary alicyclic amines) is 1. The summed E-state index contributed by atoms with van der Waals surface area (Å²) < 4.78 is 19.8. The molecule has 30 heavy (non-hydrogen) atoms. The van der Waals surface area contributed by atoms with Gasteiger partial charge in [0.05, 0.1) is 16.8 Å². The topological polar surface area (TPSA) is 71.5 Å². The lowest BCUT2D eigenvalue weighted by Gasteiger charge is -2.31. The maximum Gasteiger partial charge on any atom is 0.253 e. The Hall–Kier alpha value is -3.00. The first-order chi connectivity index (χ1) is 14.5. The van der Waals surface area contributed by atoms with E-state index in [-0.39, 0.29) is 17.7 Å². The smallest absolute Gasteiger partial charge is 0.253 e. The molecule has 0 bridgehead atoms. The number of carbonyl (C=O) groups excluding carboxylic acids is 2. The molecule has 1 fully saturated rings. The molecule has 0 radical (unpaired) electrons. The van der Waals surface area contributed by atoms with Crippen molar-refractivity contribution in [3.8, 4) is 5.75 Å². The van der Waals surface area contributed by atoms with Crippen molar-refractivity contribution in [2.45, 2.75) is 19.8 Å². The first kappa shape index (κ1) is 20.3. The van der Waals surface area contributed by atoms with Crippen LogP contribution < -0.4 is 10.1 Å². The van der Waals surface area contributed by atoms with Gasteiger partial charge in [-0.25, -0.2) is 9.37 Å². The molecule has 0 atom stereocenters. The van der Waals surface area contributed by atoms with Gasteiger partial charge in [0.2, 0.25) is 5.91 Å². The van der Waals surface area contributed by atoms with Gasteiger partial charge in [0.1, 0.15) is 11.6 Å². The van der Waals surface area contributed by atoms with E-state index in [9.17, 15) is 14.0 Å². The first-order valence-electron chi connectivity index (χ1n) is 9.92. The van der Waals surface area contributed by atoms with Gasteiger partial charge in [0, 0.05) is 24.6 Å². The number of rotatable bonds is 5. The number of carbonyl (C=O) groups is 2. The quantitative estimate of drug-likeness (QED) is 0.658. The van der Waals surface area contributed by atoms with E-state index in [0.29, 0.717) is 43.2 Å². The number of fused-ring (bicyclic) bond motifs is 1. The highest BCUT2D eigenvalue weighted by atomic mass is 32.1. The van der Waals surface area contributed by atoms with Crippen LogP contribution in [-0.4, -0.2) is 41.4 Å². The lowest BCUT2D eigenvalue weighted by Crippen LogP contribution is -2.41. The summed E-state index contributed by atoms with van der Waals surface area (Å²) in [5, 5.41) is 3.47. The zero-order chi connectivity index (χ0) is 21.1. The summed E-state index contributed by atoms with van der Waals surface area (Å²) in [7, 11) is 0. The van der Waals surface area contributed by atoms with Gasteiger partial charge in [-0.2, -0.15) is 0 Å². The van der Waals surface area contributed by atoms with Gasteiger partial charge in [0.25, 0.3) is 5.91 Å². The summed E-state index contributed by atoms with van der Waals surface area (Å²) in [5.41, 5.74) is 1.15. The Balaban J connectivity index is 1.35. The van der Waals surface area contributed by atoms with E-state index >= 15 is 0 Å². The number of anilines is 1. The number of aromatic nitrogens is 1. The minimum absolute atomic E-state index is 0.0862.